The maximum Gasteiger partial charge on any atom is 0.278 e. The molecular formula is C17H23N3O5. The Labute approximate surface area is 145 Å². The summed E-state index contributed by atoms with van der Waals surface area (Å²) in [6.45, 7) is 6.58. The lowest BCUT2D eigenvalue weighted by atomic mass is 9.69. The molecule has 0 saturated heterocycles. The van der Waals surface area contributed by atoms with Gasteiger partial charge in [-0.2, -0.15) is 0 Å². The Morgan fingerprint density at radius 2 is 1.48 bits per heavy atom. The Kier molecular flexibility index (Phi) is 5.39. The van der Waals surface area contributed by atoms with Gasteiger partial charge in [-0.25, -0.2) is 0 Å². The fraction of sp³-hybridized carbons (Fsp3) is 0.588. The highest BCUT2D eigenvalue weighted by Gasteiger charge is 2.32. The van der Waals surface area contributed by atoms with E-state index in [4.69, 9.17) is 0 Å². The first-order valence-corrected chi connectivity index (χ1v) is 8.32. The Hall–Kier alpha value is -2.51. The summed E-state index contributed by atoms with van der Waals surface area (Å²) in [6.07, 6.45) is 3.42. The number of hydrogen-bond acceptors (Lipinski definition) is 5. The number of benzene rings is 1. The number of nitrogens with one attached hydrogen (secondary N) is 1. The second-order valence-electron chi connectivity index (χ2n) is 7.66. The van der Waals surface area contributed by atoms with E-state index in [0.29, 0.717) is 5.92 Å². The molecule has 0 atom stereocenters. The smallest absolute Gasteiger partial charge is 0.278 e. The van der Waals surface area contributed by atoms with Gasteiger partial charge >= 0.3 is 0 Å². The molecule has 0 aliphatic heterocycles. The minimum Gasteiger partial charge on any atom is -0.325 e. The van der Waals surface area contributed by atoms with Crippen LogP contribution in [0, 0.1) is 37.5 Å². The Bertz CT molecular complexity index is 656. The second-order valence-corrected chi connectivity index (χ2v) is 7.66. The fourth-order valence-electron chi connectivity index (χ4n) is 3.34. The van der Waals surface area contributed by atoms with Crippen molar-refractivity contribution in [3.05, 3.63) is 38.4 Å². The molecule has 1 aromatic rings. The number of non-ortho nitro benzene ring substituents is 2. The highest BCUT2D eigenvalue weighted by molar-refractivity contribution is 5.93. The summed E-state index contributed by atoms with van der Waals surface area (Å²) >= 11 is 0. The summed E-state index contributed by atoms with van der Waals surface area (Å²) < 4.78 is 0. The third-order valence-electron chi connectivity index (χ3n) is 4.91. The van der Waals surface area contributed by atoms with Crippen LogP contribution in [0.3, 0.4) is 0 Å². The quantitative estimate of drug-likeness (QED) is 0.643. The molecule has 0 spiro atoms. The molecule has 0 unspecified atom stereocenters. The molecule has 0 aromatic heterocycles. The molecule has 136 valence electrons. The molecule has 25 heavy (non-hydrogen) atoms. The van der Waals surface area contributed by atoms with E-state index in [2.05, 4.69) is 26.1 Å². The molecule has 1 aliphatic rings. The predicted octanol–water partition coefficient (Wildman–Crippen LogP) is 4.29. The normalized spacial score (nSPS) is 20.8. The van der Waals surface area contributed by atoms with Crippen LogP contribution < -0.4 is 5.32 Å². The van der Waals surface area contributed by atoms with Gasteiger partial charge < -0.3 is 5.32 Å². The summed E-state index contributed by atoms with van der Waals surface area (Å²) in [6, 6.07) is 3.17. The molecule has 0 bridgehead atoms. The Morgan fingerprint density at radius 1 is 1.00 bits per heavy atom. The number of nitro benzene ring substituents is 2. The average Bonchev–Trinajstić information content (AvgIpc) is 2.53. The lowest BCUT2D eigenvalue weighted by Gasteiger charge is -2.36. The van der Waals surface area contributed by atoms with Gasteiger partial charge in [-0.1, -0.05) is 20.8 Å². The number of nitro groups is 2. The number of carbonyl (C=O) groups excluding carboxylic acids is 1. The lowest BCUT2D eigenvalue weighted by Crippen LogP contribution is -2.31. The van der Waals surface area contributed by atoms with Gasteiger partial charge in [0.1, 0.15) is 0 Å². The number of rotatable bonds is 4. The zero-order chi connectivity index (χ0) is 18.8. The number of amides is 1. The van der Waals surface area contributed by atoms with E-state index >= 15 is 0 Å². The van der Waals surface area contributed by atoms with Gasteiger partial charge in [0.15, 0.2) is 0 Å². The minimum absolute atomic E-state index is 0.0869. The van der Waals surface area contributed by atoms with Crippen LogP contribution in [0.15, 0.2) is 18.2 Å². The third-order valence-corrected chi connectivity index (χ3v) is 4.91. The molecule has 0 heterocycles. The van der Waals surface area contributed by atoms with Crippen molar-refractivity contribution in [1.29, 1.82) is 0 Å². The highest BCUT2D eigenvalue weighted by Crippen LogP contribution is 2.40. The van der Waals surface area contributed by atoms with Crippen LogP contribution >= 0.6 is 0 Å². The predicted molar refractivity (Wildman–Crippen MR) is 93.3 cm³/mol. The molecule has 2 rings (SSSR count). The summed E-state index contributed by atoms with van der Waals surface area (Å²) in [5, 5.41) is 24.4. The Morgan fingerprint density at radius 3 is 1.88 bits per heavy atom. The second kappa shape index (κ2) is 7.16. The summed E-state index contributed by atoms with van der Waals surface area (Å²) in [7, 11) is 0. The molecule has 1 saturated carbocycles. The molecular weight excluding hydrogens is 326 g/mol. The van der Waals surface area contributed by atoms with Crippen molar-refractivity contribution in [3.63, 3.8) is 0 Å². The van der Waals surface area contributed by atoms with E-state index in [9.17, 15) is 25.0 Å². The lowest BCUT2D eigenvalue weighted by molar-refractivity contribution is -0.394. The number of carbonyl (C=O) groups is 1. The van der Waals surface area contributed by atoms with E-state index in [0.717, 1.165) is 43.9 Å². The largest absolute Gasteiger partial charge is 0.325 e. The number of anilines is 1. The third kappa shape index (κ3) is 4.74. The monoisotopic (exact) mass is 349 g/mol. The van der Waals surface area contributed by atoms with Crippen molar-refractivity contribution in [3.8, 4) is 0 Å². The standard InChI is InChI=1S/C17H23N3O5/c1-17(2,3)12-6-4-11(5-7-12)16(21)18-13-8-14(19(22)23)10-15(9-13)20(24)25/h8-12H,4-7H2,1-3H3,(H,18,21)/t11-,12+. The van der Waals surface area contributed by atoms with E-state index < -0.39 is 21.2 Å². The van der Waals surface area contributed by atoms with Gasteiger partial charge in [0.2, 0.25) is 5.91 Å². The molecule has 8 heteroatoms. The van der Waals surface area contributed by atoms with Crippen molar-refractivity contribution in [1.82, 2.24) is 0 Å². The molecule has 1 aliphatic carbocycles. The van der Waals surface area contributed by atoms with Crippen LogP contribution in [0.25, 0.3) is 0 Å². The first-order chi connectivity index (χ1) is 11.6. The first-order valence-electron chi connectivity index (χ1n) is 8.32. The van der Waals surface area contributed by atoms with Gasteiger partial charge in [-0.15, -0.1) is 0 Å². The van der Waals surface area contributed by atoms with Crippen molar-refractivity contribution < 1.29 is 14.6 Å². The van der Waals surface area contributed by atoms with Crippen LogP contribution in [-0.4, -0.2) is 15.8 Å². The molecule has 1 fully saturated rings. The zero-order valence-corrected chi connectivity index (χ0v) is 14.7. The molecule has 0 radical (unpaired) electrons. The van der Waals surface area contributed by atoms with E-state index in [1.807, 2.05) is 0 Å². The topological polar surface area (TPSA) is 115 Å². The van der Waals surface area contributed by atoms with E-state index in [1.54, 1.807) is 0 Å². The summed E-state index contributed by atoms with van der Waals surface area (Å²) in [5.74, 6) is 0.162. The average molecular weight is 349 g/mol. The van der Waals surface area contributed by atoms with Crippen LogP contribution in [0.4, 0.5) is 17.1 Å². The van der Waals surface area contributed by atoms with Gasteiger partial charge in [-0.05, 0) is 37.0 Å². The zero-order valence-electron chi connectivity index (χ0n) is 14.7. The van der Waals surface area contributed by atoms with Gasteiger partial charge in [0.05, 0.1) is 21.6 Å². The van der Waals surface area contributed by atoms with E-state index in [-0.39, 0.29) is 22.9 Å². The van der Waals surface area contributed by atoms with Gasteiger partial charge in [0, 0.05) is 18.1 Å². The molecule has 1 aromatic carbocycles. The SMILES string of the molecule is CC(C)(C)[C@H]1CC[C@@H](C(=O)Nc2cc([N+](=O)[O-])cc([N+](=O)[O-])c2)CC1. The summed E-state index contributed by atoms with van der Waals surface area (Å²) in [5.41, 5.74) is -0.534. The first kappa shape index (κ1) is 18.8. The van der Waals surface area contributed by atoms with E-state index in [1.165, 1.54) is 0 Å². The maximum absolute atomic E-state index is 12.4. The van der Waals surface area contributed by atoms with Gasteiger partial charge in [-0.3, -0.25) is 25.0 Å². The fourth-order valence-corrected chi connectivity index (χ4v) is 3.34. The van der Waals surface area contributed by atoms with Crippen LogP contribution in [0.5, 0.6) is 0 Å². The summed E-state index contributed by atoms with van der Waals surface area (Å²) in [4.78, 5) is 32.8. The molecule has 8 nitrogen and oxygen atoms in total. The maximum atomic E-state index is 12.4. The number of nitrogens with zero attached hydrogens (tertiary/aromatic N) is 2. The van der Waals surface area contributed by atoms with Crippen LogP contribution in [0.1, 0.15) is 46.5 Å². The molecule has 1 N–H and O–H groups in total. The molecule has 1 amide bonds. The minimum atomic E-state index is -0.711. The van der Waals surface area contributed by atoms with Crippen molar-refractivity contribution in [2.24, 2.45) is 17.3 Å². The van der Waals surface area contributed by atoms with Crippen LogP contribution in [0.2, 0.25) is 0 Å². The van der Waals surface area contributed by atoms with Gasteiger partial charge in [0.25, 0.3) is 11.4 Å². The highest BCUT2D eigenvalue weighted by atomic mass is 16.6. The van der Waals surface area contributed by atoms with Crippen molar-refractivity contribution in [2.75, 3.05) is 5.32 Å². The van der Waals surface area contributed by atoms with Crippen LogP contribution in [-0.2, 0) is 4.79 Å². The number of hydrogen-bond donors (Lipinski definition) is 1. The Balaban J connectivity index is 2.08. The van der Waals surface area contributed by atoms with Crippen molar-refractivity contribution in [2.45, 2.75) is 46.5 Å². The van der Waals surface area contributed by atoms with Crippen molar-refractivity contribution >= 4 is 23.0 Å².